The molecule has 0 aliphatic carbocycles. The largest absolute Gasteiger partial charge is 0.297 e. The number of rotatable bonds is 7. The minimum Gasteiger partial charge on any atom is -0.297 e. The molecule has 5 heteroatoms. The van der Waals surface area contributed by atoms with Gasteiger partial charge in [0, 0.05) is 25.5 Å². The summed E-state index contributed by atoms with van der Waals surface area (Å²) in [6.07, 6.45) is 2.04. The standard InChI is InChI=1S/C12H21BrClN3/c1-4-7-17(8-6-13)9-11-12(14)10(5-2)15-16(11)3/h4-9H2,1-3H3. The van der Waals surface area contributed by atoms with E-state index in [1.54, 1.807) is 0 Å². The summed E-state index contributed by atoms with van der Waals surface area (Å²) in [5.74, 6) is 0. The van der Waals surface area contributed by atoms with Crippen molar-refractivity contribution < 1.29 is 0 Å². The maximum atomic E-state index is 6.35. The number of alkyl halides is 1. The first-order valence-electron chi connectivity index (χ1n) is 6.12. The minimum atomic E-state index is 0.839. The second-order valence-corrected chi connectivity index (χ2v) is 5.32. The Balaban J connectivity index is 2.80. The van der Waals surface area contributed by atoms with Crippen molar-refractivity contribution in [1.29, 1.82) is 0 Å². The Morgan fingerprint density at radius 1 is 1.35 bits per heavy atom. The van der Waals surface area contributed by atoms with E-state index in [1.807, 2.05) is 11.7 Å². The Morgan fingerprint density at radius 2 is 2.06 bits per heavy atom. The fraction of sp³-hybridized carbons (Fsp3) is 0.750. The van der Waals surface area contributed by atoms with E-state index >= 15 is 0 Å². The van der Waals surface area contributed by atoms with Crippen LogP contribution in [0.3, 0.4) is 0 Å². The molecule has 3 nitrogen and oxygen atoms in total. The number of hydrogen-bond acceptors (Lipinski definition) is 2. The van der Waals surface area contributed by atoms with Crippen LogP contribution in [0.2, 0.25) is 5.02 Å². The summed E-state index contributed by atoms with van der Waals surface area (Å²) in [7, 11) is 1.97. The Morgan fingerprint density at radius 3 is 2.53 bits per heavy atom. The van der Waals surface area contributed by atoms with Gasteiger partial charge in [0.1, 0.15) is 0 Å². The van der Waals surface area contributed by atoms with Crippen LogP contribution in [-0.4, -0.2) is 33.1 Å². The van der Waals surface area contributed by atoms with Gasteiger partial charge in [0.15, 0.2) is 0 Å². The van der Waals surface area contributed by atoms with Crippen LogP contribution in [0.4, 0.5) is 0 Å². The highest BCUT2D eigenvalue weighted by molar-refractivity contribution is 9.09. The van der Waals surface area contributed by atoms with Crippen LogP contribution in [0.1, 0.15) is 31.7 Å². The van der Waals surface area contributed by atoms with E-state index in [1.165, 1.54) is 0 Å². The summed E-state index contributed by atoms with van der Waals surface area (Å²) < 4.78 is 1.91. The predicted octanol–water partition coefficient (Wildman–Crippen LogP) is 3.24. The molecule has 0 fully saturated rings. The molecule has 1 heterocycles. The van der Waals surface area contributed by atoms with E-state index in [0.29, 0.717) is 0 Å². The first kappa shape index (κ1) is 15.0. The van der Waals surface area contributed by atoms with Gasteiger partial charge in [-0.05, 0) is 19.4 Å². The molecule has 17 heavy (non-hydrogen) atoms. The average Bonchev–Trinajstić information content (AvgIpc) is 2.57. The lowest BCUT2D eigenvalue weighted by Crippen LogP contribution is -2.27. The van der Waals surface area contributed by atoms with E-state index in [9.17, 15) is 0 Å². The number of nitrogens with zero attached hydrogens (tertiary/aromatic N) is 3. The zero-order valence-electron chi connectivity index (χ0n) is 10.8. The summed E-state index contributed by atoms with van der Waals surface area (Å²) in [5, 5.41) is 6.28. The molecule has 0 unspecified atom stereocenters. The molecule has 0 bridgehead atoms. The first-order chi connectivity index (χ1) is 8.13. The van der Waals surface area contributed by atoms with Gasteiger partial charge < -0.3 is 0 Å². The summed E-state index contributed by atoms with van der Waals surface area (Å²) in [6, 6.07) is 0. The summed E-state index contributed by atoms with van der Waals surface area (Å²) in [4.78, 5) is 2.40. The van der Waals surface area contributed by atoms with Gasteiger partial charge in [-0.15, -0.1) is 0 Å². The third kappa shape index (κ3) is 3.97. The minimum absolute atomic E-state index is 0.839. The Bertz CT molecular complexity index is 346. The maximum Gasteiger partial charge on any atom is 0.0863 e. The Kier molecular flexibility index (Phi) is 6.52. The first-order valence-corrected chi connectivity index (χ1v) is 7.62. The fourth-order valence-corrected chi connectivity index (χ4v) is 2.76. The van der Waals surface area contributed by atoms with Gasteiger partial charge >= 0.3 is 0 Å². The van der Waals surface area contributed by atoms with Gasteiger partial charge in [-0.2, -0.15) is 5.10 Å². The average molecular weight is 323 g/mol. The lowest BCUT2D eigenvalue weighted by Gasteiger charge is -2.20. The second-order valence-electron chi connectivity index (χ2n) is 4.15. The van der Waals surface area contributed by atoms with E-state index in [-0.39, 0.29) is 0 Å². The van der Waals surface area contributed by atoms with Crippen molar-refractivity contribution in [3.05, 3.63) is 16.4 Å². The number of hydrogen-bond donors (Lipinski definition) is 0. The van der Waals surface area contributed by atoms with Crippen molar-refractivity contribution in [3.63, 3.8) is 0 Å². The monoisotopic (exact) mass is 321 g/mol. The molecule has 1 aromatic heterocycles. The lowest BCUT2D eigenvalue weighted by atomic mass is 10.3. The Hall–Kier alpha value is -0.0600. The van der Waals surface area contributed by atoms with Crippen molar-refractivity contribution in [2.24, 2.45) is 7.05 Å². The topological polar surface area (TPSA) is 21.1 Å². The molecule has 0 saturated heterocycles. The normalized spacial score (nSPS) is 11.4. The summed E-state index contributed by atoms with van der Waals surface area (Å²) in [5.41, 5.74) is 2.12. The quantitative estimate of drug-likeness (QED) is 0.719. The van der Waals surface area contributed by atoms with Crippen LogP contribution in [0.25, 0.3) is 0 Å². The molecular formula is C12H21BrClN3. The molecule has 0 radical (unpaired) electrons. The van der Waals surface area contributed by atoms with Crippen LogP contribution < -0.4 is 0 Å². The third-order valence-corrected chi connectivity index (χ3v) is 3.61. The number of aromatic nitrogens is 2. The zero-order valence-corrected chi connectivity index (χ0v) is 13.2. The molecule has 0 spiro atoms. The maximum absolute atomic E-state index is 6.35. The molecule has 0 aliphatic rings. The summed E-state index contributed by atoms with van der Waals surface area (Å²) >= 11 is 9.84. The van der Waals surface area contributed by atoms with E-state index < -0.39 is 0 Å². The van der Waals surface area contributed by atoms with Crippen LogP contribution in [0.5, 0.6) is 0 Å². The molecule has 0 N–H and O–H groups in total. The molecule has 0 aromatic carbocycles. The van der Waals surface area contributed by atoms with Crippen LogP contribution >= 0.6 is 27.5 Å². The molecule has 0 saturated carbocycles. The molecule has 1 rings (SSSR count). The second kappa shape index (κ2) is 7.39. The molecule has 0 atom stereocenters. The molecular weight excluding hydrogens is 302 g/mol. The molecule has 0 amide bonds. The summed E-state index contributed by atoms with van der Waals surface area (Å²) in [6.45, 7) is 7.29. The van der Waals surface area contributed by atoms with Crippen molar-refractivity contribution in [2.45, 2.75) is 33.2 Å². The van der Waals surface area contributed by atoms with Gasteiger partial charge in [-0.3, -0.25) is 9.58 Å². The van der Waals surface area contributed by atoms with Crippen molar-refractivity contribution in [2.75, 3.05) is 18.4 Å². The number of aryl methyl sites for hydroxylation is 2. The van der Waals surface area contributed by atoms with E-state index in [0.717, 1.165) is 54.2 Å². The predicted molar refractivity (Wildman–Crippen MR) is 77.0 cm³/mol. The lowest BCUT2D eigenvalue weighted by molar-refractivity contribution is 0.276. The SMILES string of the molecule is CCCN(CCBr)Cc1c(Cl)c(CC)nn1C. The van der Waals surface area contributed by atoms with Gasteiger partial charge in [0.05, 0.1) is 16.4 Å². The molecule has 1 aromatic rings. The molecule has 98 valence electrons. The highest BCUT2D eigenvalue weighted by Gasteiger charge is 2.15. The smallest absolute Gasteiger partial charge is 0.0863 e. The highest BCUT2D eigenvalue weighted by atomic mass is 79.9. The number of halogens is 2. The van der Waals surface area contributed by atoms with E-state index in [4.69, 9.17) is 11.6 Å². The Labute approximate surface area is 117 Å². The van der Waals surface area contributed by atoms with Crippen molar-refractivity contribution in [3.8, 4) is 0 Å². The van der Waals surface area contributed by atoms with Crippen molar-refractivity contribution in [1.82, 2.24) is 14.7 Å². The van der Waals surface area contributed by atoms with Gasteiger partial charge in [0.2, 0.25) is 0 Å². The third-order valence-electron chi connectivity index (χ3n) is 2.82. The zero-order chi connectivity index (χ0) is 12.8. The van der Waals surface area contributed by atoms with Crippen LogP contribution in [0.15, 0.2) is 0 Å². The van der Waals surface area contributed by atoms with E-state index in [2.05, 4.69) is 39.8 Å². The molecule has 0 aliphatic heterocycles. The van der Waals surface area contributed by atoms with Gasteiger partial charge in [0.25, 0.3) is 0 Å². The van der Waals surface area contributed by atoms with Crippen LogP contribution in [-0.2, 0) is 20.0 Å². The highest BCUT2D eigenvalue weighted by Crippen LogP contribution is 2.22. The van der Waals surface area contributed by atoms with Gasteiger partial charge in [-0.1, -0.05) is 41.4 Å². The van der Waals surface area contributed by atoms with Crippen molar-refractivity contribution >= 4 is 27.5 Å². The van der Waals surface area contributed by atoms with Gasteiger partial charge in [-0.25, -0.2) is 0 Å². The fourth-order valence-electron chi connectivity index (χ4n) is 1.91. The van der Waals surface area contributed by atoms with Crippen LogP contribution in [0, 0.1) is 0 Å².